The van der Waals surface area contributed by atoms with Crippen LogP contribution in [-0.2, 0) is 6.42 Å². The lowest BCUT2D eigenvalue weighted by Crippen LogP contribution is -2.11. The van der Waals surface area contributed by atoms with Gasteiger partial charge in [-0.25, -0.2) is 0 Å². The first-order valence-electron chi connectivity index (χ1n) is 5.28. The summed E-state index contributed by atoms with van der Waals surface area (Å²) in [5.74, 6) is 1.62. The topological polar surface area (TPSA) is 38.7 Å². The standard InChI is InChI=1S/C12H14O3/c1-8-4-10-11(15-7-14-10)5-9(8)6-12(13)2-3-12/h4-5,13H,2-3,6-7H2,1H3. The Kier molecular flexibility index (Phi) is 1.74. The first-order valence-corrected chi connectivity index (χ1v) is 5.28. The summed E-state index contributed by atoms with van der Waals surface area (Å²) in [6.07, 6.45) is 2.57. The van der Waals surface area contributed by atoms with Crippen LogP contribution in [0.15, 0.2) is 12.1 Å². The second-order valence-electron chi connectivity index (χ2n) is 4.53. The van der Waals surface area contributed by atoms with Crippen molar-refractivity contribution in [1.29, 1.82) is 0 Å². The van der Waals surface area contributed by atoms with Crippen LogP contribution in [0, 0.1) is 6.92 Å². The fourth-order valence-corrected chi connectivity index (χ4v) is 1.95. The highest BCUT2D eigenvalue weighted by molar-refractivity contribution is 5.48. The average molecular weight is 206 g/mol. The molecule has 0 spiro atoms. The van der Waals surface area contributed by atoms with E-state index in [-0.39, 0.29) is 0 Å². The van der Waals surface area contributed by atoms with Crippen molar-refractivity contribution in [3.63, 3.8) is 0 Å². The molecule has 1 aliphatic carbocycles. The van der Waals surface area contributed by atoms with Gasteiger partial charge in [-0.3, -0.25) is 0 Å². The normalized spacial score (nSPS) is 20.4. The number of rotatable bonds is 2. The molecule has 3 nitrogen and oxygen atoms in total. The van der Waals surface area contributed by atoms with E-state index in [0.717, 1.165) is 30.8 Å². The Morgan fingerprint density at radius 1 is 1.27 bits per heavy atom. The quantitative estimate of drug-likeness (QED) is 0.801. The Balaban J connectivity index is 1.94. The van der Waals surface area contributed by atoms with Crippen molar-refractivity contribution >= 4 is 0 Å². The molecule has 1 saturated carbocycles. The molecule has 0 aromatic heterocycles. The summed E-state index contributed by atoms with van der Waals surface area (Å²) >= 11 is 0. The number of hydrogen-bond donors (Lipinski definition) is 1. The van der Waals surface area contributed by atoms with Gasteiger partial charge < -0.3 is 14.6 Å². The zero-order valence-electron chi connectivity index (χ0n) is 8.75. The first kappa shape index (κ1) is 9.04. The van der Waals surface area contributed by atoms with Gasteiger partial charge in [-0.2, -0.15) is 0 Å². The van der Waals surface area contributed by atoms with Gasteiger partial charge in [0, 0.05) is 6.42 Å². The maximum Gasteiger partial charge on any atom is 0.231 e. The van der Waals surface area contributed by atoms with Gasteiger partial charge in [-0.15, -0.1) is 0 Å². The molecule has 0 unspecified atom stereocenters. The van der Waals surface area contributed by atoms with Crippen molar-refractivity contribution in [2.24, 2.45) is 0 Å². The summed E-state index contributed by atoms with van der Waals surface area (Å²) in [7, 11) is 0. The fourth-order valence-electron chi connectivity index (χ4n) is 1.95. The van der Waals surface area contributed by atoms with Crippen LogP contribution in [-0.4, -0.2) is 17.5 Å². The minimum absolute atomic E-state index is 0.308. The van der Waals surface area contributed by atoms with Gasteiger partial charge in [0.1, 0.15) is 0 Å². The predicted molar refractivity (Wildman–Crippen MR) is 55.2 cm³/mol. The molecule has 1 heterocycles. The van der Waals surface area contributed by atoms with E-state index in [2.05, 4.69) is 0 Å². The van der Waals surface area contributed by atoms with E-state index in [1.807, 2.05) is 19.1 Å². The Hall–Kier alpha value is -1.22. The van der Waals surface area contributed by atoms with Crippen LogP contribution in [0.3, 0.4) is 0 Å². The summed E-state index contributed by atoms with van der Waals surface area (Å²) in [5, 5.41) is 9.88. The number of fused-ring (bicyclic) bond motifs is 1. The number of ether oxygens (including phenoxy) is 2. The number of aryl methyl sites for hydroxylation is 1. The van der Waals surface area contributed by atoms with Crippen LogP contribution in [0.1, 0.15) is 24.0 Å². The molecule has 0 saturated heterocycles. The summed E-state index contributed by atoms with van der Waals surface area (Å²) in [6.45, 7) is 2.35. The fraction of sp³-hybridized carbons (Fsp3) is 0.500. The van der Waals surface area contributed by atoms with Crippen LogP contribution in [0.4, 0.5) is 0 Å². The maximum absolute atomic E-state index is 9.88. The molecule has 1 N–H and O–H groups in total. The molecule has 3 heteroatoms. The number of hydrogen-bond acceptors (Lipinski definition) is 3. The van der Waals surface area contributed by atoms with Crippen LogP contribution < -0.4 is 9.47 Å². The van der Waals surface area contributed by atoms with E-state index in [4.69, 9.17) is 9.47 Å². The molecule has 0 bridgehead atoms. The van der Waals surface area contributed by atoms with Crippen LogP contribution in [0.2, 0.25) is 0 Å². The van der Waals surface area contributed by atoms with E-state index in [0.29, 0.717) is 6.79 Å². The highest BCUT2D eigenvalue weighted by atomic mass is 16.7. The molecule has 2 aliphatic rings. The van der Waals surface area contributed by atoms with Gasteiger partial charge in [0.15, 0.2) is 11.5 Å². The van der Waals surface area contributed by atoms with Gasteiger partial charge in [0.2, 0.25) is 6.79 Å². The van der Waals surface area contributed by atoms with E-state index in [9.17, 15) is 5.11 Å². The molecular weight excluding hydrogens is 192 g/mol. The second kappa shape index (κ2) is 2.89. The van der Waals surface area contributed by atoms with Gasteiger partial charge in [0.25, 0.3) is 0 Å². The van der Waals surface area contributed by atoms with Crippen molar-refractivity contribution in [3.05, 3.63) is 23.3 Å². The van der Waals surface area contributed by atoms with Crippen LogP contribution in [0.5, 0.6) is 11.5 Å². The molecular formula is C12H14O3. The van der Waals surface area contributed by atoms with Gasteiger partial charge in [-0.05, 0) is 43.0 Å². The lowest BCUT2D eigenvalue weighted by atomic mass is 10.0. The molecule has 15 heavy (non-hydrogen) atoms. The zero-order chi connectivity index (χ0) is 10.5. The van der Waals surface area contributed by atoms with E-state index >= 15 is 0 Å². The number of aliphatic hydroxyl groups is 1. The van der Waals surface area contributed by atoms with Crippen molar-refractivity contribution < 1.29 is 14.6 Å². The molecule has 0 amide bonds. The smallest absolute Gasteiger partial charge is 0.231 e. The molecule has 1 aromatic rings. The van der Waals surface area contributed by atoms with Crippen molar-refractivity contribution in [2.45, 2.75) is 31.8 Å². The lowest BCUT2D eigenvalue weighted by molar-refractivity contribution is 0.150. The molecule has 0 atom stereocenters. The third-order valence-electron chi connectivity index (χ3n) is 3.18. The largest absolute Gasteiger partial charge is 0.454 e. The van der Waals surface area contributed by atoms with Crippen molar-refractivity contribution in [2.75, 3.05) is 6.79 Å². The SMILES string of the molecule is Cc1cc2c(cc1CC1(O)CC1)OCO2. The first-order chi connectivity index (χ1) is 7.16. The van der Waals surface area contributed by atoms with Crippen LogP contribution in [0.25, 0.3) is 0 Å². The Labute approximate surface area is 88.6 Å². The van der Waals surface area contributed by atoms with Gasteiger partial charge in [-0.1, -0.05) is 0 Å². The van der Waals surface area contributed by atoms with Crippen LogP contribution >= 0.6 is 0 Å². The molecule has 1 aromatic carbocycles. The molecule has 3 rings (SSSR count). The van der Waals surface area contributed by atoms with E-state index in [1.54, 1.807) is 0 Å². The Bertz CT molecular complexity index is 408. The summed E-state index contributed by atoms with van der Waals surface area (Å²) in [5.41, 5.74) is 1.89. The summed E-state index contributed by atoms with van der Waals surface area (Å²) in [4.78, 5) is 0. The molecule has 1 aliphatic heterocycles. The minimum Gasteiger partial charge on any atom is -0.454 e. The van der Waals surface area contributed by atoms with E-state index in [1.165, 1.54) is 11.1 Å². The minimum atomic E-state index is -0.446. The Morgan fingerprint density at radius 2 is 1.93 bits per heavy atom. The molecule has 0 radical (unpaired) electrons. The highest BCUT2D eigenvalue weighted by Gasteiger charge is 2.40. The monoisotopic (exact) mass is 206 g/mol. The second-order valence-corrected chi connectivity index (χ2v) is 4.53. The van der Waals surface area contributed by atoms with Gasteiger partial charge in [0.05, 0.1) is 5.60 Å². The number of benzene rings is 1. The Morgan fingerprint density at radius 3 is 2.60 bits per heavy atom. The summed E-state index contributed by atoms with van der Waals surface area (Å²) < 4.78 is 10.6. The summed E-state index contributed by atoms with van der Waals surface area (Å²) in [6, 6.07) is 3.98. The van der Waals surface area contributed by atoms with Gasteiger partial charge >= 0.3 is 0 Å². The van der Waals surface area contributed by atoms with E-state index < -0.39 is 5.60 Å². The third kappa shape index (κ3) is 1.57. The zero-order valence-corrected chi connectivity index (χ0v) is 8.75. The third-order valence-corrected chi connectivity index (χ3v) is 3.18. The van der Waals surface area contributed by atoms with Crippen molar-refractivity contribution in [1.82, 2.24) is 0 Å². The maximum atomic E-state index is 9.88. The highest BCUT2D eigenvalue weighted by Crippen LogP contribution is 2.41. The molecule has 1 fully saturated rings. The average Bonchev–Trinajstić information content (AvgIpc) is 2.74. The lowest BCUT2D eigenvalue weighted by Gasteiger charge is -2.11. The predicted octanol–water partition coefficient (Wildman–Crippen LogP) is 1.79. The molecule has 80 valence electrons. The van der Waals surface area contributed by atoms with Crippen molar-refractivity contribution in [3.8, 4) is 11.5 Å².